The Balaban J connectivity index is 2.09. The molecule has 0 spiro atoms. The van der Waals surface area contributed by atoms with E-state index in [0.717, 1.165) is 5.56 Å². The second-order valence-corrected chi connectivity index (χ2v) is 7.51. The van der Waals surface area contributed by atoms with Crippen molar-refractivity contribution in [2.45, 2.75) is 18.9 Å². The van der Waals surface area contributed by atoms with Gasteiger partial charge in [-0.05, 0) is 41.8 Å². The van der Waals surface area contributed by atoms with Crippen LogP contribution in [-0.2, 0) is 11.3 Å². The van der Waals surface area contributed by atoms with Gasteiger partial charge in [0.15, 0.2) is 0 Å². The first-order valence-electron chi connectivity index (χ1n) is 8.63. The molecule has 0 amide bonds. The number of halogens is 2. The molecule has 7 heteroatoms. The Morgan fingerprint density at radius 3 is 1.93 bits per heavy atom. The van der Waals surface area contributed by atoms with Gasteiger partial charge in [0.25, 0.3) is 0 Å². The van der Waals surface area contributed by atoms with Gasteiger partial charge in [-0.2, -0.15) is 0 Å². The number of aromatic nitrogens is 1. The highest BCUT2D eigenvalue weighted by Crippen LogP contribution is 2.46. The van der Waals surface area contributed by atoms with Crippen molar-refractivity contribution in [1.82, 2.24) is 4.57 Å². The molecule has 0 radical (unpaired) electrons. The predicted octanol–water partition coefficient (Wildman–Crippen LogP) is 5.40. The van der Waals surface area contributed by atoms with E-state index in [-0.39, 0.29) is 5.56 Å². The minimum absolute atomic E-state index is 0.0252. The fraction of sp³-hybridized carbons (Fsp3) is 0.143. The molecule has 0 bridgehead atoms. The molecule has 3 aromatic rings. The van der Waals surface area contributed by atoms with Crippen LogP contribution in [0.5, 0.6) is 0 Å². The summed E-state index contributed by atoms with van der Waals surface area (Å²) in [4.78, 5) is 24.0. The van der Waals surface area contributed by atoms with Gasteiger partial charge in [-0.3, -0.25) is 4.79 Å². The Hall–Kier alpha value is -2.76. The van der Waals surface area contributed by atoms with Gasteiger partial charge < -0.3 is 14.8 Å². The normalized spacial score (nSPS) is 15.4. The number of benzene rings is 2. The highest BCUT2D eigenvalue weighted by molar-refractivity contribution is 6.31. The van der Waals surface area contributed by atoms with Crippen molar-refractivity contribution in [3.63, 3.8) is 0 Å². The first kappa shape index (κ1) is 18.6. The van der Waals surface area contributed by atoms with Gasteiger partial charge in [0.05, 0.1) is 17.2 Å². The standard InChI is InChI=1S/C21H15Cl2NO4/c22-13-5-1-11(2-6-13)16-17(21(27)28)19-15(20(25)26)9-10-24(19)18(16)12-3-7-14(23)8-4-12/h1-8,15H,9-10H2,(H,25,26)(H,27,28). The van der Waals surface area contributed by atoms with E-state index in [9.17, 15) is 19.8 Å². The molecule has 0 fully saturated rings. The zero-order chi connectivity index (χ0) is 20.0. The quantitative estimate of drug-likeness (QED) is 0.597. The fourth-order valence-corrected chi connectivity index (χ4v) is 4.14. The van der Waals surface area contributed by atoms with Crippen LogP contribution in [0.25, 0.3) is 22.4 Å². The third-order valence-electron chi connectivity index (χ3n) is 5.04. The van der Waals surface area contributed by atoms with E-state index in [4.69, 9.17) is 23.2 Å². The second kappa shape index (κ2) is 7.00. The minimum atomic E-state index is -1.15. The Kier molecular flexibility index (Phi) is 4.65. The summed E-state index contributed by atoms with van der Waals surface area (Å²) in [5.74, 6) is -3.04. The number of aliphatic carboxylic acids is 1. The maximum atomic E-state index is 12.2. The van der Waals surface area contributed by atoms with Gasteiger partial charge in [0, 0.05) is 27.8 Å². The van der Waals surface area contributed by atoms with Crippen LogP contribution in [-0.4, -0.2) is 26.7 Å². The number of aromatic carboxylic acids is 1. The van der Waals surface area contributed by atoms with E-state index in [1.54, 1.807) is 36.4 Å². The Morgan fingerprint density at radius 2 is 1.43 bits per heavy atom. The van der Waals surface area contributed by atoms with Gasteiger partial charge in [0.2, 0.25) is 0 Å². The molecule has 1 unspecified atom stereocenters. The molecule has 0 saturated carbocycles. The summed E-state index contributed by atoms with van der Waals surface area (Å²) < 4.78 is 1.81. The van der Waals surface area contributed by atoms with E-state index < -0.39 is 17.9 Å². The molecular weight excluding hydrogens is 401 g/mol. The number of rotatable bonds is 4. The number of carboxylic acids is 2. The van der Waals surface area contributed by atoms with Crippen LogP contribution in [0, 0.1) is 0 Å². The number of carbonyl (C=O) groups is 2. The molecule has 1 aliphatic heterocycles. The Bertz CT molecular complexity index is 1090. The first-order valence-corrected chi connectivity index (χ1v) is 9.38. The molecule has 2 N–H and O–H groups in total. The lowest BCUT2D eigenvalue weighted by molar-refractivity contribution is -0.138. The average molecular weight is 416 g/mol. The predicted molar refractivity (Wildman–Crippen MR) is 107 cm³/mol. The van der Waals surface area contributed by atoms with Gasteiger partial charge in [-0.1, -0.05) is 47.5 Å². The lowest BCUT2D eigenvalue weighted by atomic mass is 9.93. The van der Waals surface area contributed by atoms with E-state index in [1.165, 1.54) is 0 Å². The Labute approximate surface area is 170 Å². The first-order chi connectivity index (χ1) is 13.4. The van der Waals surface area contributed by atoms with Crippen LogP contribution in [0.15, 0.2) is 48.5 Å². The van der Waals surface area contributed by atoms with Crippen LogP contribution in [0.1, 0.15) is 28.4 Å². The Morgan fingerprint density at radius 1 is 0.893 bits per heavy atom. The SMILES string of the molecule is O=C(O)c1c(-c2ccc(Cl)cc2)c(-c2ccc(Cl)cc2)n2c1C(C(=O)O)CC2. The summed E-state index contributed by atoms with van der Waals surface area (Å²) in [6, 6.07) is 13.9. The molecule has 0 saturated heterocycles. The molecule has 1 aromatic heterocycles. The summed E-state index contributed by atoms with van der Waals surface area (Å²) in [5.41, 5.74) is 2.96. The van der Waals surface area contributed by atoms with Crippen LogP contribution in [0.4, 0.5) is 0 Å². The number of nitrogens with zero attached hydrogens (tertiary/aromatic N) is 1. The molecule has 28 heavy (non-hydrogen) atoms. The van der Waals surface area contributed by atoms with Gasteiger partial charge in [-0.25, -0.2) is 4.79 Å². The zero-order valence-electron chi connectivity index (χ0n) is 14.5. The molecule has 5 nitrogen and oxygen atoms in total. The van der Waals surface area contributed by atoms with E-state index in [0.29, 0.717) is 45.5 Å². The van der Waals surface area contributed by atoms with Crippen molar-refractivity contribution in [3.05, 3.63) is 69.8 Å². The van der Waals surface area contributed by atoms with Crippen LogP contribution < -0.4 is 0 Å². The summed E-state index contributed by atoms with van der Waals surface area (Å²) in [7, 11) is 0. The van der Waals surface area contributed by atoms with Crippen LogP contribution in [0.2, 0.25) is 10.0 Å². The molecule has 1 atom stereocenters. The number of hydrogen-bond donors (Lipinski definition) is 2. The average Bonchev–Trinajstić information content (AvgIpc) is 3.21. The topological polar surface area (TPSA) is 79.5 Å². The van der Waals surface area contributed by atoms with Gasteiger partial charge in [-0.15, -0.1) is 0 Å². The fourth-order valence-electron chi connectivity index (χ4n) is 3.89. The summed E-state index contributed by atoms with van der Waals surface area (Å²) in [6.07, 6.45) is 0.354. The molecule has 2 heterocycles. The van der Waals surface area contributed by atoms with Crippen molar-refractivity contribution in [2.75, 3.05) is 0 Å². The summed E-state index contributed by atoms with van der Waals surface area (Å²) >= 11 is 12.0. The van der Waals surface area contributed by atoms with Crippen molar-refractivity contribution >= 4 is 35.1 Å². The third-order valence-corrected chi connectivity index (χ3v) is 5.54. The van der Waals surface area contributed by atoms with E-state index >= 15 is 0 Å². The monoisotopic (exact) mass is 415 g/mol. The summed E-state index contributed by atoms with van der Waals surface area (Å²) in [5, 5.41) is 20.7. The minimum Gasteiger partial charge on any atom is -0.481 e. The lowest BCUT2D eigenvalue weighted by Crippen LogP contribution is -2.12. The molecule has 2 aromatic carbocycles. The largest absolute Gasteiger partial charge is 0.481 e. The molecule has 142 valence electrons. The highest BCUT2D eigenvalue weighted by atomic mass is 35.5. The lowest BCUT2D eigenvalue weighted by Gasteiger charge is -2.11. The molecule has 1 aliphatic rings. The smallest absolute Gasteiger partial charge is 0.338 e. The van der Waals surface area contributed by atoms with Crippen molar-refractivity contribution < 1.29 is 19.8 Å². The van der Waals surface area contributed by atoms with Crippen molar-refractivity contribution in [1.29, 1.82) is 0 Å². The maximum absolute atomic E-state index is 12.2. The van der Waals surface area contributed by atoms with Crippen LogP contribution in [0.3, 0.4) is 0 Å². The van der Waals surface area contributed by atoms with Crippen molar-refractivity contribution in [2.24, 2.45) is 0 Å². The van der Waals surface area contributed by atoms with E-state index in [2.05, 4.69) is 0 Å². The maximum Gasteiger partial charge on any atom is 0.338 e. The number of hydrogen-bond acceptors (Lipinski definition) is 2. The number of fused-ring (bicyclic) bond motifs is 1. The summed E-state index contributed by atoms with van der Waals surface area (Å²) in [6.45, 7) is 0.429. The molecular formula is C21H15Cl2NO4. The van der Waals surface area contributed by atoms with Gasteiger partial charge in [0.1, 0.15) is 0 Å². The van der Waals surface area contributed by atoms with Crippen molar-refractivity contribution in [3.8, 4) is 22.4 Å². The van der Waals surface area contributed by atoms with Crippen LogP contribution >= 0.6 is 23.2 Å². The highest BCUT2D eigenvalue weighted by Gasteiger charge is 2.39. The zero-order valence-corrected chi connectivity index (χ0v) is 16.0. The molecule has 4 rings (SSSR count). The third kappa shape index (κ3) is 2.97. The van der Waals surface area contributed by atoms with E-state index in [1.807, 2.05) is 16.7 Å². The van der Waals surface area contributed by atoms with Gasteiger partial charge >= 0.3 is 11.9 Å². The second-order valence-electron chi connectivity index (χ2n) is 6.63. The number of carboxylic acid groups (broad SMARTS) is 2. The molecule has 0 aliphatic carbocycles.